The normalized spacial score (nSPS) is 11.9. The van der Waals surface area contributed by atoms with Crippen LogP contribution in [0.4, 0.5) is 79.8 Å². The third-order valence-corrected chi connectivity index (χ3v) is 16.1. The Labute approximate surface area is 467 Å². The Morgan fingerprint density at radius 2 is 0.929 bits per heavy atom. The number of aliphatic hydroxyl groups is 3. The van der Waals surface area contributed by atoms with Crippen LogP contribution in [0.15, 0.2) is 123 Å². The largest absolute Gasteiger partial charge is 0.416 e. The summed E-state index contributed by atoms with van der Waals surface area (Å²) in [5.41, 5.74) is 7.97. The van der Waals surface area contributed by atoms with Crippen molar-refractivity contribution in [1.29, 1.82) is 0 Å². The molecule has 454 valence electrons. The maximum Gasteiger partial charge on any atom is 0.416 e. The Kier molecular flexibility index (Phi) is 22.2. The molecule has 0 amide bonds. The molecule has 8 N–H and O–H groups in total. The van der Waals surface area contributed by atoms with Crippen LogP contribution in [-0.4, -0.2) is 72.1 Å². The first-order valence-electron chi connectivity index (χ1n) is 23.6. The summed E-state index contributed by atoms with van der Waals surface area (Å²) < 4.78 is 174. The van der Waals surface area contributed by atoms with Crippen molar-refractivity contribution in [3.05, 3.63) is 194 Å². The number of hydrogen-bond donors (Lipinski definition) is 6. The summed E-state index contributed by atoms with van der Waals surface area (Å²) in [6, 6.07) is 9.84. The van der Waals surface area contributed by atoms with Crippen LogP contribution in [0.25, 0.3) is 17.1 Å². The first-order chi connectivity index (χ1) is 38.7. The van der Waals surface area contributed by atoms with Gasteiger partial charge in [-0.1, -0.05) is 20.8 Å². The number of rotatable bonds is 11. The predicted octanol–water partition coefficient (Wildman–Crippen LogP) is 11.9. The number of aromatic amines is 1. The van der Waals surface area contributed by atoms with Gasteiger partial charge in [-0.3, -0.25) is 20.2 Å². The van der Waals surface area contributed by atoms with E-state index in [-0.39, 0.29) is 65.4 Å². The van der Waals surface area contributed by atoms with Crippen LogP contribution in [0.5, 0.6) is 0 Å². The number of nitro benzene ring substituents is 2. The molecule has 0 spiro atoms. The minimum Gasteiger partial charge on any atom is -0.411 e. The Morgan fingerprint density at radius 1 is 0.560 bits per heavy atom. The average molecular weight is 1220 g/mol. The number of benzene rings is 4. The van der Waals surface area contributed by atoms with E-state index in [0.717, 1.165) is 42.1 Å². The molecule has 4 aromatic carbocycles. The summed E-state index contributed by atoms with van der Waals surface area (Å²) >= 11 is 0. The second kappa shape index (κ2) is 27.6. The van der Waals surface area contributed by atoms with Crippen LogP contribution in [0.2, 0.25) is 18.1 Å². The second-order valence-electron chi connectivity index (χ2n) is 19.0. The van der Waals surface area contributed by atoms with Gasteiger partial charge in [-0.05, 0) is 66.7 Å². The lowest BCUT2D eigenvalue weighted by molar-refractivity contribution is -0.385. The number of non-ortho nitro benzene ring substituents is 2. The molecule has 0 saturated heterocycles. The summed E-state index contributed by atoms with van der Waals surface area (Å²) in [7, 11) is -1.92. The number of nitrogens with one attached hydrogen (secondary N) is 1. The maximum absolute atomic E-state index is 12.9. The number of nitro groups is 2. The molecule has 0 aliphatic carbocycles. The van der Waals surface area contributed by atoms with Crippen molar-refractivity contribution in [2.24, 2.45) is 0 Å². The van der Waals surface area contributed by atoms with Gasteiger partial charge in [-0.25, -0.2) is 24.3 Å². The summed E-state index contributed by atoms with van der Waals surface area (Å²) in [5, 5.41) is 46.9. The number of alkyl halides is 12. The lowest BCUT2D eigenvalue weighted by Crippen LogP contribution is -2.40. The molecule has 0 atom stereocenters. The SMILES string of the molecule is CC(C)(C)[Si](C)(C)OCc1cn(-c2cc(N)cc(C(F)(F)F)c2)cn1.Nc1cc(-n2cnc(CO)c2)cc(C(F)(F)F)c1.O=[N+]([O-])c1cc(-n2cnc(CO)c2)cc(C(F)(F)F)c1.O=[N+]([O-])c1cc(F)cc(C(F)(F)F)c1.OCc1cnc[nH]1. The highest BCUT2D eigenvalue weighted by molar-refractivity contribution is 6.74. The summed E-state index contributed by atoms with van der Waals surface area (Å²) in [6.07, 6.45) is -6.90. The number of imidazole rings is 4. The Hall–Kier alpha value is -8.73. The van der Waals surface area contributed by atoms with Crippen molar-refractivity contribution in [3.8, 4) is 17.1 Å². The number of hydrogen-bond acceptors (Lipinski definition) is 14. The lowest BCUT2D eigenvalue weighted by atomic mass is 10.1. The maximum atomic E-state index is 12.9. The molecule has 0 aliphatic heterocycles. The fourth-order valence-electron chi connectivity index (χ4n) is 6.35. The smallest absolute Gasteiger partial charge is 0.411 e. The number of nitrogens with zero attached hydrogens (tertiary/aromatic N) is 9. The van der Waals surface area contributed by atoms with Gasteiger partial charge >= 0.3 is 24.7 Å². The molecule has 4 aromatic heterocycles. The molecule has 4 heterocycles. The number of halogens is 13. The Balaban J connectivity index is 0.000000234. The van der Waals surface area contributed by atoms with Crippen LogP contribution in [0, 0.1) is 26.0 Å². The quantitative estimate of drug-likeness (QED) is 0.0231. The van der Waals surface area contributed by atoms with Gasteiger partial charge in [-0.15, -0.1) is 0 Å². The topological polar surface area (TPSA) is 290 Å². The van der Waals surface area contributed by atoms with Crippen molar-refractivity contribution in [2.75, 3.05) is 11.5 Å². The predicted molar refractivity (Wildman–Crippen MR) is 278 cm³/mol. The lowest BCUT2D eigenvalue weighted by Gasteiger charge is -2.35. The molecule has 34 heteroatoms. The van der Waals surface area contributed by atoms with Gasteiger partial charge in [0.15, 0.2) is 8.32 Å². The highest BCUT2D eigenvalue weighted by Gasteiger charge is 2.38. The van der Waals surface area contributed by atoms with Crippen molar-refractivity contribution >= 4 is 31.1 Å². The third kappa shape index (κ3) is 20.0. The highest BCUT2D eigenvalue weighted by Crippen LogP contribution is 2.38. The van der Waals surface area contributed by atoms with Crippen LogP contribution in [0.3, 0.4) is 0 Å². The number of H-pyrrole nitrogens is 1. The monoisotopic (exact) mass is 1220 g/mol. The van der Waals surface area contributed by atoms with Crippen molar-refractivity contribution in [2.45, 2.75) is 90.0 Å². The molecule has 0 unspecified atom stereocenters. The minimum absolute atomic E-state index is 0.0130. The minimum atomic E-state index is -4.78. The third-order valence-electron chi connectivity index (χ3n) is 11.6. The number of nitrogens with two attached hydrogens (primary N) is 2. The van der Waals surface area contributed by atoms with Gasteiger partial charge in [0.2, 0.25) is 0 Å². The first kappa shape index (κ1) is 67.8. The Bertz CT molecular complexity index is 3470. The van der Waals surface area contributed by atoms with E-state index in [1.807, 2.05) is 0 Å². The summed E-state index contributed by atoms with van der Waals surface area (Å²) in [4.78, 5) is 37.0. The van der Waals surface area contributed by atoms with Gasteiger partial charge in [0.1, 0.15) is 5.82 Å². The highest BCUT2D eigenvalue weighted by atomic mass is 28.4. The summed E-state index contributed by atoms with van der Waals surface area (Å²) in [6.45, 7) is 10.4. The fourth-order valence-corrected chi connectivity index (χ4v) is 7.29. The fraction of sp³-hybridized carbons (Fsp3) is 0.280. The van der Waals surface area contributed by atoms with E-state index in [1.54, 1.807) is 12.4 Å². The molecule has 20 nitrogen and oxygen atoms in total. The molecule has 0 saturated carbocycles. The van der Waals surface area contributed by atoms with Crippen molar-refractivity contribution in [1.82, 2.24) is 38.6 Å². The zero-order valence-electron chi connectivity index (χ0n) is 44.4. The number of nitrogen functional groups attached to an aromatic ring is 2. The van der Waals surface area contributed by atoms with Gasteiger partial charge in [0.05, 0.1) is 125 Å². The van der Waals surface area contributed by atoms with Crippen LogP contribution in [0.1, 0.15) is 65.8 Å². The average Bonchev–Trinajstić information content (AvgIpc) is 4.40. The van der Waals surface area contributed by atoms with Crippen molar-refractivity contribution in [3.63, 3.8) is 0 Å². The molecule has 0 radical (unpaired) electrons. The molecule has 8 rings (SSSR count). The zero-order chi connectivity index (χ0) is 63.3. The van der Waals surface area contributed by atoms with E-state index in [1.165, 1.54) is 63.5 Å². The van der Waals surface area contributed by atoms with E-state index in [9.17, 15) is 77.3 Å². The molecular formula is C50H51F13N12O8Si. The van der Waals surface area contributed by atoms with E-state index < -0.39 is 82.3 Å². The van der Waals surface area contributed by atoms with Gasteiger partial charge in [0.25, 0.3) is 11.4 Å². The van der Waals surface area contributed by atoms with E-state index >= 15 is 0 Å². The number of aromatic nitrogens is 8. The van der Waals surface area contributed by atoms with Gasteiger partial charge in [0, 0.05) is 59.5 Å². The molecular weight excluding hydrogens is 1170 g/mol. The molecule has 8 aromatic rings. The van der Waals surface area contributed by atoms with Crippen molar-refractivity contribution < 1.29 is 86.7 Å². The van der Waals surface area contributed by atoms with Gasteiger partial charge < -0.3 is 49.9 Å². The molecule has 84 heavy (non-hydrogen) atoms. The van der Waals surface area contributed by atoms with E-state index in [4.69, 9.17) is 31.2 Å². The molecule has 0 fully saturated rings. The molecule has 0 aliphatic rings. The van der Waals surface area contributed by atoms with Crippen LogP contribution >= 0.6 is 0 Å². The summed E-state index contributed by atoms with van der Waals surface area (Å²) in [5.74, 6) is -1.29. The van der Waals surface area contributed by atoms with E-state index in [2.05, 4.69) is 58.8 Å². The second-order valence-corrected chi connectivity index (χ2v) is 23.8. The van der Waals surface area contributed by atoms with E-state index in [0.29, 0.717) is 35.8 Å². The standard InChI is InChI=1S/C17H24F3N3OSi.C11H8F3N3O3.C11H10F3N3O.C7H3F4NO2.C4H6N2O/c1-16(2,3)25(4,5)24-10-14-9-23(11-22-14)15-7-12(17(18,19)20)6-13(21)8-15;12-11(13,14)7-1-9(3-10(2-7)17(19)20)16-4-8(5-18)15-6-16;12-11(13,14)7-1-8(15)3-10(2-7)17-4-9(5-18)16-6-17;8-5-1-4(7(9,10)11)2-6(3-5)12(13)14;7-2-4-1-5-3-6-4/h6-9,11H,10,21H2,1-5H3;1-4,6,18H,5H2;1-4,6,18H,5,15H2;1-3H;1,3,7H,2H2,(H,5,6). The van der Waals surface area contributed by atoms with Crippen LogP contribution in [-0.2, 0) is 55.6 Å². The van der Waals surface area contributed by atoms with Crippen LogP contribution < -0.4 is 11.5 Å². The Morgan fingerprint density at radius 3 is 1.26 bits per heavy atom. The zero-order valence-corrected chi connectivity index (χ0v) is 45.4. The number of anilines is 2. The van der Waals surface area contributed by atoms with Gasteiger partial charge in [-0.2, -0.15) is 52.7 Å². The first-order valence-corrected chi connectivity index (χ1v) is 26.5. The molecule has 0 bridgehead atoms. The number of aliphatic hydroxyl groups excluding tert-OH is 3.